The number of allylic oxidation sites excluding steroid dienone is 8. The van der Waals surface area contributed by atoms with Crippen LogP contribution in [0.5, 0.6) is 0 Å². The van der Waals surface area contributed by atoms with E-state index < -0.39 is 0 Å². The highest BCUT2D eigenvalue weighted by Crippen LogP contribution is 2.41. The van der Waals surface area contributed by atoms with E-state index in [9.17, 15) is 0 Å². The first-order valence-corrected chi connectivity index (χ1v) is 8.65. The van der Waals surface area contributed by atoms with Crippen molar-refractivity contribution in [2.45, 2.75) is 6.42 Å². The van der Waals surface area contributed by atoms with Gasteiger partial charge in [0.1, 0.15) is 0 Å². The number of H-pyrrole nitrogens is 1. The second-order valence-corrected chi connectivity index (χ2v) is 6.64. The van der Waals surface area contributed by atoms with Crippen LogP contribution in [0.4, 0.5) is 0 Å². The summed E-state index contributed by atoms with van der Waals surface area (Å²) in [6, 6.07) is 15.3. The average Bonchev–Trinajstić information content (AvgIpc) is 3.31. The predicted molar refractivity (Wildman–Crippen MR) is 103 cm³/mol. The lowest BCUT2D eigenvalue weighted by Crippen LogP contribution is -2.07. The van der Waals surface area contributed by atoms with E-state index in [0.717, 1.165) is 6.42 Å². The molecule has 0 saturated carbocycles. The first-order valence-electron chi connectivity index (χ1n) is 8.65. The number of nitrogens with zero attached hydrogens (tertiary/aromatic N) is 1. The number of aromatic amines is 1. The third kappa shape index (κ3) is 2.47. The van der Waals surface area contributed by atoms with Gasteiger partial charge in [-0.05, 0) is 39.5 Å². The van der Waals surface area contributed by atoms with Crippen molar-refractivity contribution < 1.29 is 0 Å². The summed E-state index contributed by atoms with van der Waals surface area (Å²) in [7, 11) is 0. The lowest BCUT2D eigenvalue weighted by molar-refractivity contribution is 0.970. The van der Waals surface area contributed by atoms with Crippen LogP contribution in [0.2, 0.25) is 0 Å². The monoisotopic (exact) mass is 322 g/mol. The zero-order valence-corrected chi connectivity index (χ0v) is 13.8. The molecular weight excluding hydrogens is 304 g/mol. The maximum Gasteiger partial charge on any atom is 0.0562 e. The number of fused-ring (bicyclic) bond motifs is 2. The van der Waals surface area contributed by atoms with Crippen molar-refractivity contribution in [1.29, 1.82) is 0 Å². The Bertz CT molecular complexity index is 1060. The van der Waals surface area contributed by atoms with Crippen molar-refractivity contribution in [3.63, 3.8) is 0 Å². The second-order valence-electron chi connectivity index (χ2n) is 6.64. The summed E-state index contributed by atoms with van der Waals surface area (Å²) in [6.07, 6.45) is 16.1. The minimum absolute atomic E-state index is 0.345. The number of hydrogen-bond donors (Lipinski definition) is 1. The Kier molecular flexibility index (Phi) is 3.27. The van der Waals surface area contributed by atoms with Crippen molar-refractivity contribution in [3.8, 4) is 0 Å². The van der Waals surface area contributed by atoms with E-state index in [4.69, 9.17) is 0 Å². The summed E-state index contributed by atoms with van der Waals surface area (Å²) in [4.78, 5) is 0. The molecule has 0 saturated heterocycles. The van der Waals surface area contributed by atoms with E-state index in [1.54, 1.807) is 0 Å². The van der Waals surface area contributed by atoms with Gasteiger partial charge in [-0.1, -0.05) is 72.8 Å². The molecule has 1 aromatic heterocycles. The molecule has 0 radical (unpaired) electrons. The summed E-state index contributed by atoms with van der Waals surface area (Å²) in [5.41, 5.74) is 6.66. The van der Waals surface area contributed by atoms with Gasteiger partial charge in [0.05, 0.1) is 6.20 Å². The third-order valence-corrected chi connectivity index (χ3v) is 5.12. The largest absolute Gasteiger partial charge is 0.285 e. The molecule has 0 amide bonds. The Balaban J connectivity index is 1.43. The Morgan fingerprint density at radius 1 is 0.920 bits per heavy atom. The molecule has 2 aliphatic carbocycles. The second kappa shape index (κ2) is 5.75. The first kappa shape index (κ1) is 14.2. The van der Waals surface area contributed by atoms with Gasteiger partial charge in [0.2, 0.25) is 0 Å². The van der Waals surface area contributed by atoms with Crippen molar-refractivity contribution in [3.05, 3.63) is 108 Å². The van der Waals surface area contributed by atoms with Crippen molar-refractivity contribution in [2.24, 2.45) is 5.92 Å². The number of nitrogens with one attached hydrogen (secondary N) is 1. The fourth-order valence-electron chi connectivity index (χ4n) is 3.86. The van der Waals surface area contributed by atoms with Crippen LogP contribution >= 0.6 is 0 Å². The fourth-order valence-corrected chi connectivity index (χ4v) is 3.86. The molecule has 1 atom stereocenters. The number of rotatable bonds is 3. The minimum atomic E-state index is 0.345. The molecule has 1 N–H and O–H groups in total. The first-order chi connectivity index (χ1) is 12.4. The maximum atomic E-state index is 4.09. The Hall–Kier alpha value is -3.13. The fraction of sp³-hybridized carbons (Fsp3) is 0.0870. The molecule has 0 spiro atoms. The van der Waals surface area contributed by atoms with Gasteiger partial charge in [-0.25, -0.2) is 0 Å². The van der Waals surface area contributed by atoms with Gasteiger partial charge >= 0.3 is 0 Å². The molecule has 1 heterocycles. The number of hydrogen-bond acceptors (Lipinski definition) is 1. The summed E-state index contributed by atoms with van der Waals surface area (Å²) >= 11 is 0. The Morgan fingerprint density at radius 3 is 2.68 bits per heavy atom. The van der Waals surface area contributed by atoms with Gasteiger partial charge in [-0.15, -0.1) is 0 Å². The molecule has 25 heavy (non-hydrogen) atoms. The zero-order valence-electron chi connectivity index (χ0n) is 13.8. The van der Waals surface area contributed by atoms with Crippen LogP contribution in [0.1, 0.15) is 11.1 Å². The van der Waals surface area contributed by atoms with Crippen LogP contribution < -0.4 is 0 Å². The van der Waals surface area contributed by atoms with Gasteiger partial charge in [0.25, 0.3) is 0 Å². The van der Waals surface area contributed by atoms with Crippen molar-refractivity contribution in [2.75, 3.05) is 0 Å². The molecule has 2 nitrogen and oxygen atoms in total. The van der Waals surface area contributed by atoms with Gasteiger partial charge in [0.15, 0.2) is 0 Å². The van der Waals surface area contributed by atoms with Crippen LogP contribution in [-0.4, -0.2) is 10.2 Å². The van der Waals surface area contributed by atoms with Gasteiger partial charge in [-0.2, -0.15) is 5.10 Å². The number of benzene rings is 2. The van der Waals surface area contributed by atoms with Crippen molar-refractivity contribution in [1.82, 2.24) is 10.2 Å². The summed E-state index contributed by atoms with van der Waals surface area (Å²) < 4.78 is 0. The predicted octanol–water partition coefficient (Wildman–Crippen LogP) is 5.24. The van der Waals surface area contributed by atoms with Crippen LogP contribution in [0.15, 0.2) is 96.4 Å². The summed E-state index contributed by atoms with van der Waals surface area (Å²) in [5.74, 6) is 0.345. The molecule has 2 heteroatoms. The average molecular weight is 322 g/mol. The lowest BCUT2D eigenvalue weighted by atomic mass is 9.82. The normalized spacial score (nSPS) is 18.7. The highest BCUT2D eigenvalue weighted by molar-refractivity contribution is 5.83. The number of aromatic nitrogens is 2. The topological polar surface area (TPSA) is 28.7 Å². The molecule has 0 aliphatic heterocycles. The molecule has 0 bridgehead atoms. The Labute approximate surface area is 146 Å². The van der Waals surface area contributed by atoms with Crippen molar-refractivity contribution >= 4 is 16.3 Å². The minimum Gasteiger partial charge on any atom is -0.285 e. The van der Waals surface area contributed by atoms with E-state index in [-0.39, 0.29) is 0 Å². The van der Waals surface area contributed by atoms with Gasteiger partial charge in [-0.3, -0.25) is 5.10 Å². The standard InChI is InChI=1S/C23H18N2/c1-2-5-18-12-16(8-9-17(18)4-1)13-19-6-3-7-23-21(19)10-11-22(23)20-14-24-25-15-20/h1-12,14-15,23H,13H2,(H,24,25). The quantitative estimate of drug-likeness (QED) is 0.702. The third-order valence-electron chi connectivity index (χ3n) is 5.12. The van der Waals surface area contributed by atoms with Crippen LogP contribution in [0.25, 0.3) is 16.3 Å². The SMILES string of the molecule is C1=CC2C(=CC=C2c2cn[nH]c2)C(Cc2ccc3ccccc3c2)=C1. The van der Waals surface area contributed by atoms with E-state index in [1.165, 1.54) is 38.6 Å². The highest BCUT2D eigenvalue weighted by Gasteiger charge is 2.26. The lowest BCUT2D eigenvalue weighted by Gasteiger charge is -2.21. The van der Waals surface area contributed by atoms with E-state index in [0.29, 0.717) is 5.92 Å². The molecule has 3 aromatic rings. The molecule has 120 valence electrons. The summed E-state index contributed by atoms with van der Waals surface area (Å²) in [5, 5.41) is 9.61. The van der Waals surface area contributed by atoms with E-state index in [1.807, 2.05) is 12.4 Å². The smallest absolute Gasteiger partial charge is 0.0562 e. The maximum absolute atomic E-state index is 4.09. The summed E-state index contributed by atoms with van der Waals surface area (Å²) in [6.45, 7) is 0. The molecular formula is C23H18N2. The van der Waals surface area contributed by atoms with Crippen LogP contribution in [-0.2, 0) is 6.42 Å². The molecule has 2 aromatic carbocycles. The van der Waals surface area contributed by atoms with Crippen LogP contribution in [0, 0.1) is 5.92 Å². The van der Waals surface area contributed by atoms with E-state index >= 15 is 0 Å². The zero-order chi connectivity index (χ0) is 16.6. The molecule has 5 rings (SSSR count). The molecule has 0 fully saturated rings. The van der Waals surface area contributed by atoms with E-state index in [2.05, 4.69) is 83.0 Å². The highest BCUT2D eigenvalue weighted by atomic mass is 15.1. The molecule has 2 aliphatic rings. The van der Waals surface area contributed by atoms with Crippen LogP contribution in [0.3, 0.4) is 0 Å². The molecule has 1 unspecified atom stereocenters. The Morgan fingerprint density at radius 2 is 1.80 bits per heavy atom. The van der Waals surface area contributed by atoms with Gasteiger partial charge < -0.3 is 0 Å². The van der Waals surface area contributed by atoms with Gasteiger partial charge in [0, 0.05) is 17.7 Å².